The fourth-order valence-corrected chi connectivity index (χ4v) is 4.83. The van der Waals surface area contributed by atoms with Gasteiger partial charge in [0.1, 0.15) is 17.4 Å². The standard InChI is InChI=1S/C30H22N4O3S/c1-37-25-11-5-9-22(16-25)27-26(17-31)29(36)34-30(33-27)38-18-19-6-4-10-24(14-19)32-28(35)23-13-12-20-7-2-3-8-21(20)15-23/h2-16H,18H2,1H3,(H,32,35)(H,33,34,36). The molecule has 0 aliphatic carbocycles. The van der Waals surface area contributed by atoms with Crippen LogP contribution in [-0.2, 0) is 5.75 Å². The van der Waals surface area contributed by atoms with Gasteiger partial charge in [0.05, 0.1) is 12.8 Å². The molecule has 0 bridgehead atoms. The van der Waals surface area contributed by atoms with Gasteiger partial charge in [0.2, 0.25) is 0 Å². The highest BCUT2D eigenvalue weighted by molar-refractivity contribution is 7.98. The fourth-order valence-electron chi connectivity index (χ4n) is 4.03. The molecule has 0 aliphatic rings. The first-order valence-electron chi connectivity index (χ1n) is 11.7. The van der Waals surface area contributed by atoms with Gasteiger partial charge >= 0.3 is 0 Å². The number of amides is 1. The molecule has 1 heterocycles. The number of aromatic amines is 1. The molecule has 8 heteroatoms. The van der Waals surface area contributed by atoms with Crippen molar-refractivity contribution in [2.24, 2.45) is 0 Å². The number of rotatable bonds is 7. The normalized spacial score (nSPS) is 10.6. The smallest absolute Gasteiger partial charge is 0.270 e. The maximum absolute atomic E-state index is 12.9. The highest BCUT2D eigenvalue weighted by Crippen LogP contribution is 2.27. The lowest BCUT2D eigenvalue weighted by molar-refractivity contribution is 0.102. The molecule has 38 heavy (non-hydrogen) atoms. The summed E-state index contributed by atoms with van der Waals surface area (Å²) in [5.74, 6) is 0.901. The Morgan fingerprint density at radius 3 is 2.63 bits per heavy atom. The summed E-state index contributed by atoms with van der Waals surface area (Å²) in [7, 11) is 1.55. The molecule has 0 saturated carbocycles. The highest BCUT2D eigenvalue weighted by atomic mass is 32.2. The van der Waals surface area contributed by atoms with Gasteiger partial charge in [0, 0.05) is 22.6 Å². The Hall–Kier alpha value is -4.87. The molecule has 4 aromatic carbocycles. The Morgan fingerprint density at radius 1 is 1.00 bits per heavy atom. The van der Waals surface area contributed by atoms with Crippen LogP contribution in [0.1, 0.15) is 21.5 Å². The summed E-state index contributed by atoms with van der Waals surface area (Å²) in [6.45, 7) is 0. The Balaban J connectivity index is 1.33. The average molecular weight is 519 g/mol. The number of thioether (sulfide) groups is 1. The van der Waals surface area contributed by atoms with Crippen LogP contribution in [0, 0.1) is 11.3 Å². The maximum atomic E-state index is 12.9. The minimum absolute atomic E-state index is 0.0546. The lowest BCUT2D eigenvalue weighted by Gasteiger charge is -2.10. The van der Waals surface area contributed by atoms with Crippen LogP contribution in [0.3, 0.4) is 0 Å². The molecule has 0 unspecified atom stereocenters. The molecule has 0 aliphatic heterocycles. The van der Waals surface area contributed by atoms with Crippen LogP contribution in [0.4, 0.5) is 5.69 Å². The molecule has 1 amide bonds. The number of nitriles is 1. The van der Waals surface area contributed by atoms with Crippen molar-refractivity contribution in [2.75, 3.05) is 12.4 Å². The second kappa shape index (κ2) is 11.0. The Labute approximate surface area is 223 Å². The highest BCUT2D eigenvalue weighted by Gasteiger charge is 2.15. The molecule has 5 aromatic rings. The van der Waals surface area contributed by atoms with Gasteiger partial charge in [-0.2, -0.15) is 5.26 Å². The van der Waals surface area contributed by atoms with Crippen LogP contribution in [0.25, 0.3) is 22.0 Å². The van der Waals surface area contributed by atoms with E-state index in [1.807, 2.05) is 72.8 Å². The zero-order chi connectivity index (χ0) is 26.5. The van der Waals surface area contributed by atoms with E-state index >= 15 is 0 Å². The van der Waals surface area contributed by atoms with Crippen LogP contribution in [0.15, 0.2) is 101 Å². The third-order valence-electron chi connectivity index (χ3n) is 5.92. The summed E-state index contributed by atoms with van der Waals surface area (Å²) in [6, 6.07) is 30.1. The van der Waals surface area contributed by atoms with Gasteiger partial charge in [-0.15, -0.1) is 0 Å². The van der Waals surface area contributed by atoms with Gasteiger partial charge in [0.15, 0.2) is 5.16 Å². The summed E-state index contributed by atoms with van der Waals surface area (Å²) in [5, 5.41) is 15.0. The van der Waals surface area contributed by atoms with Crippen LogP contribution < -0.4 is 15.6 Å². The van der Waals surface area contributed by atoms with E-state index in [1.54, 1.807) is 31.4 Å². The van der Waals surface area contributed by atoms with Crippen molar-refractivity contribution < 1.29 is 9.53 Å². The molecule has 0 spiro atoms. The number of nitrogens with zero attached hydrogens (tertiary/aromatic N) is 2. The minimum atomic E-state index is -0.501. The molecule has 0 radical (unpaired) electrons. The van der Waals surface area contributed by atoms with E-state index in [-0.39, 0.29) is 11.5 Å². The van der Waals surface area contributed by atoms with Crippen molar-refractivity contribution >= 4 is 34.1 Å². The largest absolute Gasteiger partial charge is 0.497 e. The monoisotopic (exact) mass is 518 g/mol. The first-order valence-corrected chi connectivity index (χ1v) is 12.7. The molecule has 2 N–H and O–H groups in total. The number of carbonyl (C=O) groups excluding carboxylic acids is 1. The summed E-state index contributed by atoms with van der Waals surface area (Å²) < 4.78 is 5.27. The molecule has 186 valence electrons. The number of aromatic nitrogens is 2. The molecular formula is C30H22N4O3S. The number of fused-ring (bicyclic) bond motifs is 1. The average Bonchev–Trinajstić information content (AvgIpc) is 2.95. The first kappa shape index (κ1) is 24.8. The van der Waals surface area contributed by atoms with Gasteiger partial charge in [-0.3, -0.25) is 9.59 Å². The van der Waals surface area contributed by atoms with Crippen molar-refractivity contribution in [1.29, 1.82) is 5.26 Å². The van der Waals surface area contributed by atoms with Gasteiger partial charge < -0.3 is 15.0 Å². The number of hydrogen-bond donors (Lipinski definition) is 2. The Morgan fingerprint density at radius 2 is 1.82 bits per heavy atom. The quantitative estimate of drug-likeness (QED) is 0.202. The number of H-pyrrole nitrogens is 1. The van der Waals surface area contributed by atoms with Gasteiger partial charge in [-0.1, -0.05) is 66.4 Å². The fraction of sp³-hybridized carbons (Fsp3) is 0.0667. The van der Waals surface area contributed by atoms with Gasteiger partial charge in [-0.05, 0) is 52.7 Å². The molecule has 0 fully saturated rings. The van der Waals surface area contributed by atoms with Crippen LogP contribution >= 0.6 is 11.8 Å². The van der Waals surface area contributed by atoms with E-state index < -0.39 is 5.56 Å². The molecule has 1 aromatic heterocycles. The minimum Gasteiger partial charge on any atom is -0.497 e. The summed E-state index contributed by atoms with van der Waals surface area (Å²) in [5.41, 5.74) is 2.54. The lowest BCUT2D eigenvalue weighted by atomic mass is 10.1. The van der Waals surface area contributed by atoms with Crippen LogP contribution in [-0.4, -0.2) is 23.0 Å². The molecule has 0 atom stereocenters. The van der Waals surface area contributed by atoms with Crippen LogP contribution in [0.5, 0.6) is 5.75 Å². The number of benzene rings is 4. The van der Waals surface area contributed by atoms with Crippen LogP contribution in [0.2, 0.25) is 0 Å². The van der Waals surface area contributed by atoms with Crippen molar-refractivity contribution in [3.8, 4) is 23.1 Å². The zero-order valence-corrected chi connectivity index (χ0v) is 21.2. The van der Waals surface area contributed by atoms with Gasteiger partial charge in [-0.25, -0.2) is 4.98 Å². The number of nitrogens with one attached hydrogen (secondary N) is 2. The zero-order valence-electron chi connectivity index (χ0n) is 20.4. The Kier molecular flexibility index (Phi) is 7.20. The number of anilines is 1. The second-order valence-corrected chi connectivity index (χ2v) is 9.41. The second-order valence-electron chi connectivity index (χ2n) is 8.44. The maximum Gasteiger partial charge on any atom is 0.270 e. The third-order valence-corrected chi connectivity index (χ3v) is 6.87. The van der Waals surface area contributed by atoms with Crippen molar-refractivity contribution in [3.05, 3.63) is 118 Å². The number of ether oxygens (including phenoxy) is 1. The van der Waals surface area contributed by atoms with Crippen molar-refractivity contribution in [3.63, 3.8) is 0 Å². The summed E-state index contributed by atoms with van der Waals surface area (Å²) in [6.07, 6.45) is 0. The SMILES string of the molecule is COc1cccc(-c2nc(SCc3cccc(NC(=O)c4ccc5ccccc5c4)c3)[nH]c(=O)c2C#N)c1. The number of hydrogen-bond acceptors (Lipinski definition) is 6. The molecule has 5 rings (SSSR count). The summed E-state index contributed by atoms with van der Waals surface area (Å²) in [4.78, 5) is 32.7. The van der Waals surface area contributed by atoms with E-state index in [1.165, 1.54) is 11.8 Å². The molecule has 7 nitrogen and oxygen atoms in total. The Bertz CT molecular complexity index is 1760. The van der Waals surface area contributed by atoms with Crippen molar-refractivity contribution in [2.45, 2.75) is 10.9 Å². The topological polar surface area (TPSA) is 108 Å². The lowest BCUT2D eigenvalue weighted by Crippen LogP contribution is -2.14. The number of carbonyl (C=O) groups is 1. The molecule has 0 saturated heterocycles. The van der Waals surface area contributed by atoms with E-state index in [0.717, 1.165) is 16.3 Å². The van der Waals surface area contributed by atoms with Gasteiger partial charge in [0.25, 0.3) is 11.5 Å². The van der Waals surface area contributed by atoms with Crippen molar-refractivity contribution in [1.82, 2.24) is 9.97 Å². The first-order chi connectivity index (χ1) is 18.5. The predicted octanol–water partition coefficient (Wildman–Crippen LogP) is 6.01. The number of methoxy groups -OCH3 is 1. The summed E-state index contributed by atoms with van der Waals surface area (Å²) >= 11 is 1.33. The third kappa shape index (κ3) is 5.43. The van der Waals surface area contributed by atoms with E-state index in [2.05, 4.69) is 15.3 Å². The molecular weight excluding hydrogens is 496 g/mol. The predicted molar refractivity (Wildman–Crippen MR) is 149 cm³/mol. The van der Waals surface area contributed by atoms with E-state index in [9.17, 15) is 14.9 Å². The van der Waals surface area contributed by atoms with E-state index in [4.69, 9.17) is 4.74 Å². The van der Waals surface area contributed by atoms with E-state index in [0.29, 0.717) is 39.2 Å².